The van der Waals surface area contributed by atoms with Crippen LogP contribution in [0.5, 0.6) is 0 Å². The quantitative estimate of drug-likeness (QED) is 0.576. The van der Waals surface area contributed by atoms with Gasteiger partial charge in [0.25, 0.3) is 0 Å². The molecule has 2 N–H and O–H groups in total. The number of fused-ring (bicyclic) bond motifs is 1. The second-order valence-corrected chi connectivity index (χ2v) is 7.17. The molecule has 6 nitrogen and oxygen atoms in total. The van der Waals surface area contributed by atoms with Crippen molar-refractivity contribution in [3.63, 3.8) is 0 Å². The summed E-state index contributed by atoms with van der Waals surface area (Å²) in [7, 11) is 0. The third-order valence-corrected chi connectivity index (χ3v) is 5.00. The highest BCUT2D eigenvalue weighted by Gasteiger charge is 2.08. The van der Waals surface area contributed by atoms with Crippen LogP contribution in [0.15, 0.2) is 53.3 Å². The van der Waals surface area contributed by atoms with Crippen LogP contribution in [-0.2, 0) is 15.3 Å². The van der Waals surface area contributed by atoms with Gasteiger partial charge in [-0.2, -0.15) is 0 Å². The molecule has 1 aromatic heterocycles. The minimum absolute atomic E-state index is 0.184. The van der Waals surface area contributed by atoms with E-state index in [9.17, 15) is 18.8 Å². The number of amides is 1. The molecule has 0 atom stereocenters. The average Bonchev–Trinajstić information content (AvgIpc) is 2.69. The highest BCUT2D eigenvalue weighted by atomic mass is 32.2. The smallest absolute Gasteiger partial charge is 0.338 e. The van der Waals surface area contributed by atoms with Crippen molar-refractivity contribution in [2.45, 2.75) is 12.7 Å². The molecule has 150 valence electrons. The fraction of sp³-hybridized carbons (Fsp3) is 0.190. The van der Waals surface area contributed by atoms with Crippen LogP contribution in [0.2, 0.25) is 0 Å². The van der Waals surface area contributed by atoms with Gasteiger partial charge in [0, 0.05) is 34.1 Å². The van der Waals surface area contributed by atoms with Crippen LogP contribution in [0.25, 0.3) is 10.9 Å². The van der Waals surface area contributed by atoms with Crippen molar-refractivity contribution in [2.24, 2.45) is 0 Å². The van der Waals surface area contributed by atoms with Crippen LogP contribution in [0.1, 0.15) is 23.0 Å². The maximum atomic E-state index is 13.3. The van der Waals surface area contributed by atoms with Gasteiger partial charge in [-0.15, -0.1) is 11.8 Å². The highest BCUT2D eigenvalue weighted by Crippen LogP contribution is 2.15. The summed E-state index contributed by atoms with van der Waals surface area (Å²) in [6, 6.07) is 11.9. The largest absolute Gasteiger partial charge is 0.462 e. The molecule has 0 radical (unpaired) electrons. The number of nitrogens with one attached hydrogen (secondary N) is 2. The molecule has 0 aliphatic carbocycles. The molecule has 8 heteroatoms. The molecule has 0 unspecified atom stereocenters. The standard InChI is InChI=1S/C21H19FN2O4S/c1-2-28-21(27)13-3-6-15(7-4-13)24-20(26)12-29-11-16-10-19(25)17-9-14(22)5-8-18(17)23-16/h3-10H,2,11-12H2,1H3,(H,23,25)(H,24,26). The van der Waals surface area contributed by atoms with Gasteiger partial charge in [0.1, 0.15) is 5.82 Å². The first kappa shape index (κ1) is 20.6. The molecule has 3 rings (SSSR count). The van der Waals surface area contributed by atoms with Crippen LogP contribution in [0, 0.1) is 5.82 Å². The predicted octanol–water partition coefficient (Wildman–Crippen LogP) is 3.72. The fourth-order valence-corrected chi connectivity index (χ4v) is 3.44. The zero-order valence-corrected chi connectivity index (χ0v) is 16.5. The van der Waals surface area contributed by atoms with Crippen molar-refractivity contribution in [1.82, 2.24) is 4.98 Å². The molecule has 0 fully saturated rings. The van der Waals surface area contributed by atoms with Gasteiger partial charge in [0.15, 0.2) is 5.43 Å². The Labute approximate surface area is 170 Å². The van der Waals surface area contributed by atoms with Crippen molar-refractivity contribution < 1.29 is 18.7 Å². The summed E-state index contributed by atoms with van der Waals surface area (Å²) in [6.45, 7) is 2.03. The molecule has 1 heterocycles. The molecule has 0 aliphatic heterocycles. The van der Waals surface area contributed by atoms with Gasteiger partial charge >= 0.3 is 5.97 Å². The number of hydrogen-bond donors (Lipinski definition) is 2. The molecule has 0 saturated heterocycles. The fourth-order valence-electron chi connectivity index (χ4n) is 2.71. The second kappa shape index (κ2) is 9.38. The zero-order chi connectivity index (χ0) is 20.8. The van der Waals surface area contributed by atoms with Gasteiger partial charge in [0.2, 0.25) is 5.91 Å². The van der Waals surface area contributed by atoms with Crippen molar-refractivity contribution in [1.29, 1.82) is 0 Å². The number of hydrogen-bond acceptors (Lipinski definition) is 5. The number of thioether (sulfide) groups is 1. The maximum Gasteiger partial charge on any atom is 0.338 e. The van der Waals surface area contributed by atoms with Crippen LogP contribution >= 0.6 is 11.8 Å². The number of carbonyl (C=O) groups excluding carboxylic acids is 2. The Kier molecular flexibility index (Phi) is 6.66. The monoisotopic (exact) mass is 414 g/mol. The number of ether oxygens (including phenoxy) is 1. The van der Waals surface area contributed by atoms with Crippen molar-refractivity contribution >= 4 is 40.2 Å². The molecule has 1 amide bonds. The minimum atomic E-state index is -0.461. The Morgan fingerprint density at radius 1 is 1.14 bits per heavy atom. The van der Waals surface area contributed by atoms with Crippen LogP contribution in [0.3, 0.4) is 0 Å². The summed E-state index contributed by atoms with van der Waals surface area (Å²) in [4.78, 5) is 38.9. The lowest BCUT2D eigenvalue weighted by Crippen LogP contribution is -2.14. The summed E-state index contributed by atoms with van der Waals surface area (Å²) in [5, 5.41) is 3.04. The Bertz CT molecular complexity index is 1100. The first-order valence-corrected chi connectivity index (χ1v) is 10.1. The van der Waals surface area contributed by atoms with E-state index < -0.39 is 11.8 Å². The molecule has 0 bridgehead atoms. The van der Waals surface area contributed by atoms with Gasteiger partial charge in [-0.25, -0.2) is 9.18 Å². The number of aromatic nitrogens is 1. The van der Waals surface area contributed by atoms with E-state index in [1.807, 2.05) is 0 Å². The number of esters is 1. The first-order valence-electron chi connectivity index (χ1n) is 8.92. The number of halogens is 1. The zero-order valence-electron chi connectivity index (χ0n) is 15.7. The molecule has 29 heavy (non-hydrogen) atoms. The summed E-state index contributed by atoms with van der Waals surface area (Å²) < 4.78 is 18.2. The van der Waals surface area contributed by atoms with E-state index >= 15 is 0 Å². The van der Waals surface area contributed by atoms with Crippen LogP contribution < -0.4 is 10.7 Å². The second-order valence-electron chi connectivity index (χ2n) is 6.19. The van der Waals surface area contributed by atoms with Gasteiger partial charge in [-0.3, -0.25) is 9.59 Å². The number of anilines is 1. The van der Waals surface area contributed by atoms with Crippen molar-refractivity contribution in [3.05, 3.63) is 75.8 Å². The van der Waals surface area contributed by atoms with Crippen LogP contribution in [0.4, 0.5) is 10.1 Å². The Morgan fingerprint density at radius 2 is 1.90 bits per heavy atom. The molecule has 0 saturated carbocycles. The van der Waals surface area contributed by atoms with Crippen LogP contribution in [-0.4, -0.2) is 29.2 Å². The Hall–Kier alpha value is -3.13. The third-order valence-electron chi connectivity index (χ3n) is 4.02. The van der Waals surface area contributed by atoms with E-state index in [-0.39, 0.29) is 17.1 Å². The van der Waals surface area contributed by atoms with E-state index in [0.29, 0.717) is 40.2 Å². The molecule has 0 aliphatic rings. The van der Waals surface area contributed by atoms with Gasteiger partial charge in [0.05, 0.1) is 17.9 Å². The SMILES string of the molecule is CCOC(=O)c1ccc(NC(=O)CSCc2cc(=O)c3cc(F)ccc3[nH]2)cc1. The topological polar surface area (TPSA) is 88.3 Å². The maximum absolute atomic E-state index is 13.3. The number of benzene rings is 2. The average molecular weight is 414 g/mol. The van der Waals surface area contributed by atoms with E-state index in [0.717, 1.165) is 0 Å². The number of carbonyl (C=O) groups is 2. The third kappa shape index (κ3) is 5.45. The Morgan fingerprint density at radius 3 is 2.62 bits per heavy atom. The molecule has 3 aromatic rings. The lowest BCUT2D eigenvalue weighted by molar-refractivity contribution is -0.113. The van der Waals surface area contributed by atoms with Crippen molar-refractivity contribution in [2.75, 3.05) is 17.7 Å². The van der Waals surface area contributed by atoms with Gasteiger partial charge < -0.3 is 15.0 Å². The summed E-state index contributed by atoms with van der Waals surface area (Å²) >= 11 is 1.34. The number of H-pyrrole nitrogens is 1. The molecule has 0 spiro atoms. The van der Waals surface area contributed by atoms with E-state index in [4.69, 9.17) is 4.74 Å². The van der Waals surface area contributed by atoms with E-state index in [1.54, 1.807) is 31.2 Å². The van der Waals surface area contributed by atoms with Crippen molar-refractivity contribution in [3.8, 4) is 0 Å². The van der Waals surface area contributed by atoms with Gasteiger partial charge in [-0.1, -0.05) is 0 Å². The van der Waals surface area contributed by atoms with Gasteiger partial charge in [-0.05, 0) is 49.4 Å². The summed E-state index contributed by atoms with van der Waals surface area (Å²) in [5.41, 5.74) is 1.94. The van der Waals surface area contributed by atoms with E-state index in [1.165, 1.54) is 36.0 Å². The molecular formula is C21H19FN2O4S. The number of rotatable bonds is 7. The highest BCUT2D eigenvalue weighted by molar-refractivity contribution is 7.99. The lowest BCUT2D eigenvalue weighted by atomic mass is 10.2. The lowest BCUT2D eigenvalue weighted by Gasteiger charge is -2.07. The van der Waals surface area contributed by atoms with E-state index in [2.05, 4.69) is 10.3 Å². The summed E-state index contributed by atoms with van der Waals surface area (Å²) in [6.07, 6.45) is 0. The predicted molar refractivity (Wildman–Crippen MR) is 112 cm³/mol. The number of pyridine rings is 1. The minimum Gasteiger partial charge on any atom is -0.462 e. The normalized spacial score (nSPS) is 10.7. The molecular weight excluding hydrogens is 395 g/mol. The summed E-state index contributed by atoms with van der Waals surface area (Å²) in [5.74, 6) is -0.463. The first-order chi connectivity index (χ1) is 14.0. The Balaban J connectivity index is 1.53. The molecule has 2 aromatic carbocycles. The number of aromatic amines is 1.